The second kappa shape index (κ2) is 5.27. The van der Waals surface area contributed by atoms with Crippen LogP contribution >= 0.6 is 0 Å². The van der Waals surface area contributed by atoms with Crippen molar-refractivity contribution in [2.24, 2.45) is 5.41 Å². The Balaban J connectivity index is 2.65. The first kappa shape index (κ1) is 12.9. The lowest BCUT2D eigenvalue weighted by molar-refractivity contribution is -0.144. The molecule has 1 unspecified atom stereocenters. The van der Waals surface area contributed by atoms with Crippen LogP contribution in [0.25, 0.3) is 0 Å². The molecule has 1 rings (SSSR count). The number of aliphatic carboxylic acids is 1. The van der Waals surface area contributed by atoms with Crippen molar-refractivity contribution in [3.8, 4) is 0 Å². The summed E-state index contributed by atoms with van der Waals surface area (Å²) >= 11 is 0. The summed E-state index contributed by atoms with van der Waals surface area (Å²) in [6.07, 6.45) is 1.36. The van der Waals surface area contributed by atoms with E-state index in [0.29, 0.717) is 19.4 Å². The first-order valence-corrected chi connectivity index (χ1v) is 5.41. The second-order valence-corrected chi connectivity index (χ2v) is 4.11. The standard InChI is InChI=1S/C10H18N2O4/c1-2-10(3-4-11-6-10)9(16)12-7(5-13)8(14)15/h7,11,13H,2-6H2,1H3,(H,12,16)(H,14,15)/t7-,10?/m0/s1. The molecule has 0 spiro atoms. The van der Waals surface area contributed by atoms with Gasteiger partial charge in [0.2, 0.25) is 5.91 Å². The summed E-state index contributed by atoms with van der Waals surface area (Å²) < 4.78 is 0. The van der Waals surface area contributed by atoms with Crippen LogP contribution in [0.3, 0.4) is 0 Å². The van der Waals surface area contributed by atoms with Crippen molar-refractivity contribution in [2.45, 2.75) is 25.8 Å². The number of rotatable bonds is 5. The molecule has 1 aliphatic heterocycles. The van der Waals surface area contributed by atoms with Crippen molar-refractivity contribution >= 4 is 11.9 Å². The number of nitrogens with one attached hydrogen (secondary N) is 2. The number of carbonyl (C=O) groups is 2. The van der Waals surface area contributed by atoms with Crippen LogP contribution < -0.4 is 10.6 Å². The van der Waals surface area contributed by atoms with Gasteiger partial charge in [-0.25, -0.2) is 4.79 Å². The summed E-state index contributed by atoms with van der Waals surface area (Å²) in [4.78, 5) is 22.6. The van der Waals surface area contributed by atoms with E-state index in [9.17, 15) is 9.59 Å². The van der Waals surface area contributed by atoms with Crippen molar-refractivity contribution in [2.75, 3.05) is 19.7 Å². The molecule has 16 heavy (non-hydrogen) atoms. The quantitative estimate of drug-likeness (QED) is 0.482. The summed E-state index contributed by atoms with van der Waals surface area (Å²) in [6.45, 7) is 2.64. The maximum atomic E-state index is 11.9. The van der Waals surface area contributed by atoms with Crippen molar-refractivity contribution in [1.29, 1.82) is 0 Å². The molecule has 1 saturated heterocycles. The van der Waals surface area contributed by atoms with E-state index in [1.54, 1.807) is 0 Å². The number of hydrogen-bond donors (Lipinski definition) is 4. The molecule has 0 aromatic heterocycles. The van der Waals surface area contributed by atoms with E-state index in [4.69, 9.17) is 10.2 Å². The van der Waals surface area contributed by atoms with Gasteiger partial charge in [0, 0.05) is 6.54 Å². The van der Waals surface area contributed by atoms with Gasteiger partial charge in [0.25, 0.3) is 0 Å². The van der Waals surface area contributed by atoms with Crippen LogP contribution in [0.15, 0.2) is 0 Å². The maximum absolute atomic E-state index is 11.9. The smallest absolute Gasteiger partial charge is 0.328 e. The Morgan fingerprint density at radius 1 is 1.56 bits per heavy atom. The Kier molecular flexibility index (Phi) is 4.26. The zero-order valence-corrected chi connectivity index (χ0v) is 9.32. The first-order chi connectivity index (χ1) is 7.55. The SMILES string of the molecule is CCC1(C(=O)N[C@@H](CO)C(=O)O)CCNC1. The number of carboxylic acids is 1. The van der Waals surface area contributed by atoms with E-state index in [0.717, 1.165) is 6.54 Å². The Hall–Kier alpha value is -1.14. The van der Waals surface area contributed by atoms with Crippen molar-refractivity contribution < 1.29 is 19.8 Å². The minimum atomic E-state index is -1.21. The van der Waals surface area contributed by atoms with Crippen LogP contribution in [0.2, 0.25) is 0 Å². The summed E-state index contributed by atoms with van der Waals surface area (Å²) in [5.41, 5.74) is -0.525. The molecule has 1 fully saturated rings. The van der Waals surface area contributed by atoms with Gasteiger partial charge in [-0.05, 0) is 19.4 Å². The van der Waals surface area contributed by atoms with E-state index >= 15 is 0 Å². The molecule has 6 heteroatoms. The fourth-order valence-electron chi connectivity index (χ4n) is 1.90. The van der Waals surface area contributed by atoms with Crippen molar-refractivity contribution in [3.63, 3.8) is 0 Å². The molecule has 1 amide bonds. The topological polar surface area (TPSA) is 98.7 Å². The highest BCUT2D eigenvalue weighted by Crippen LogP contribution is 2.29. The molecule has 2 atom stereocenters. The number of amides is 1. The highest BCUT2D eigenvalue weighted by Gasteiger charge is 2.40. The van der Waals surface area contributed by atoms with Gasteiger partial charge in [-0.15, -0.1) is 0 Å². The van der Waals surface area contributed by atoms with E-state index in [2.05, 4.69) is 10.6 Å². The predicted molar refractivity (Wildman–Crippen MR) is 56.9 cm³/mol. The summed E-state index contributed by atoms with van der Waals surface area (Å²) in [6, 6.07) is -1.21. The molecule has 6 nitrogen and oxygen atoms in total. The molecule has 0 aromatic carbocycles. The zero-order chi connectivity index (χ0) is 12.2. The third-order valence-electron chi connectivity index (χ3n) is 3.19. The van der Waals surface area contributed by atoms with E-state index in [-0.39, 0.29) is 5.91 Å². The number of hydrogen-bond acceptors (Lipinski definition) is 4. The monoisotopic (exact) mass is 230 g/mol. The van der Waals surface area contributed by atoms with Gasteiger partial charge in [0.05, 0.1) is 12.0 Å². The van der Waals surface area contributed by atoms with Crippen LogP contribution in [-0.4, -0.2) is 47.8 Å². The minimum absolute atomic E-state index is 0.290. The largest absolute Gasteiger partial charge is 0.480 e. The van der Waals surface area contributed by atoms with Gasteiger partial charge < -0.3 is 20.8 Å². The minimum Gasteiger partial charge on any atom is -0.480 e. The summed E-state index contributed by atoms with van der Waals surface area (Å²) in [5, 5.41) is 23.0. The molecule has 0 bridgehead atoms. The van der Waals surface area contributed by atoms with E-state index in [1.807, 2.05) is 6.92 Å². The highest BCUT2D eigenvalue weighted by molar-refractivity contribution is 5.87. The number of carbonyl (C=O) groups excluding carboxylic acids is 1. The number of carboxylic acid groups (broad SMARTS) is 1. The second-order valence-electron chi connectivity index (χ2n) is 4.11. The highest BCUT2D eigenvalue weighted by atomic mass is 16.4. The first-order valence-electron chi connectivity index (χ1n) is 5.41. The van der Waals surface area contributed by atoms with Crippen molar-refractivity contribution in [1.82, 2.24) is 10.6 Å². The van der Waals surface area contributed by atoms with E-state index < -0.39 is 24.0 Å². The van der Waals surface area contributed by atoms with Gasteiger partial charge in [-0.3, -0.25) is 4.79 Å². The van der Waals surface area contributed by atoms with Gasteiger partial charge >= 0.3 is 5.97 Å². The normalized spacial score (nSPS) is 26.4. The molecule has 0 radical (unpaired) electrons. The molecular weight excluding hydrogens is 212 g/mol. The number of aliphatic hydroxyl groups excluding tert-OH is 1. The third kappa shape index (κ3) is 2.51. The average molecular weight is 230 g/mol. The molecule has 0 aliphatic carbocycles. The van der Waals surface area contributed by atoms with Crippen LogP contribution in [0, 0.1) is 5.41 Å². The zero-order valence-electron chi connectivity index (χ0n) is 9.32. The van der Waals surface area contributed by atoms with Crippen LogP contribution in [0.4, 0.5) is 0 Å². The summed E-state index contributed by atoms with van der Waals surface area (Å²) in [5.74, 6) is -1.51. The lowest BCUT2D eigenvalue weighted by Gasteiger charge is -2.26. The Morgan fingerprint density at radius 3 is 2.62 bits per heavy atom. The van der Waals surface area contributed by atoms with Gasteiger partial charge in [0.1, 0.15) is 6.04 Å². The Bertz CT molecular complexity index is 274. The fourth-order valence-corrected chi connectivity index (χ4v) is 1.90. The average Bonchev–Trinajstić information content (AvgIpc) is 2.74. The van der Waals surface area contributed by atoms with Crippen LogP contribution in [0.5, 0.6) is 0 Å². The molecule has 0 aromatic rings. The van der Waals surface area contributed by atoms with Crippen LogP contribution in [0.1, 0.15) is 19.8 Å². The lowest BCUT2D eigenvalue weighted by atomic mass is 9.83. The maximum Gasteiger partial charge on any atom is 0.328 e. The molecule has 4 N–H and O–H groups in total. The predicted octanol–water partition coefficient (Wildman–Crippen LogP) is -1.06. The molecular formula is C10H18N2O4. The van der Waals surface area contributed by atoms with Crippen molar-refractivity contribution in [3.05, 3.63) is 0 Å². The third-order valence-corrected chi connectivity index (χ3v) is 3.19. The number of aliphatic hydroxyl groups is 1. The van der Waals surface area contributed by atoms with Crippen LogP contribution in [-0.2, 0) is 9.59 Å². The molecule has 1 aliphatic rings. The lowest BCUT2D eigenvalue weighted by Crippen LogP contribution is -2.50. The van der Waals surface area contributed by atoms with Gasteiger partial charge in [-0.2, -0.15) is 0 Å². The molecule has 1 heterocycles. The molecule has 92 valence electrons. The summed E-state index contributed by atoms with van der Waals surface area (Å²) in [7, 11) is 0. The Morgan fingerprint density at radius 2 is 2.25 bits per heavy atom. The Labute approximate surface area is 94.0 Å². The van der Waals surface area contributed by atoms with Gasteiger partial charge in [-0.1, -0.05) is 6.92 Å². The van der Waals surface area contributed by atoms with Gasteiger partial charge in [0.15, 0.2) is 0 Å². The van der Waals surface area contributed by atoms with E-state index in [1.165, 1.54) is 0 Å². The molecule has 0 saturated carbocycles. The fraction of sp³-hybridized carbons (Fsp3) is 0.800.